The van der Waals surface area contributed by atoms with Gasteiger partial charge in [0.1, 0.15) is 0 Å². The second-order valence-electron chi connectivity index (χ2n) is 6.30. The number of hydrogen-bond acceptors (Lipinski definition) is 5. The minimum Gasteiger partial charge on any atom is -0.378 e. The zero-order chi connectivity index (χ0) is 16.4. The number of carbonyl (C=O) groups excluding carboxylic acids is 1. The highest BCUT2D eigenvalue weighted by atomic mass is 32.1. The van der Waals surface area contributed by atoms with Gasteiger partial charge in [-0.2, -0.15) is 0 Å². The lowest BCUT2D eigenvalue weighted by atomic mass is 10.1. The van der Waals surface area contributed by atoms with Gasteiger partial charge in [0.25, 0.3) is 0 Å². The zero-order valence-electron chi connectivity index (χ0n) is 13.5. The minimum absolute atomic E-state index is 0.0869. The molecule has 1 amide bonds. The SMILES string of the molecule is O=C(CC1C=CCC1)Nc1ccc2nc(N3CCOCC3)sc2c1. The van der Waals surface area contributed by atoms with Crippen LogP contribution < -0.4 is 10.2 Å². The predicted octanol–water partition coefficient (Wildman–Crippen LogP) is 3.43. The quantitative estimate of drug-likeness (QED) is 0.864. The van der Waals surface area contributed by atoms with E-state index in [9.17, 15) is 4.79 Å². The molecular weight excluding hydrogens is 322 g/mol. The molecule has 2 aliphatic rings. The number of rotatable bonds is 4. The largest absolute Gasteiger partial charge is 0.378 e. The monoisotopic (exact) mass is 343 g/mol. The normalized spacial score (nSPS) is 20.7. The maximum atomic E-state index is 12.2. The number of nitrogens with zero attached hydrogens (tertiary/aromatic N) is 2. The molecule has 2 aromatic rings. The Balaban J connectivity index is 1.46. The Morgan fingerprint density at radius 1 is 1.38 bits per heavy atom. The summed E-state index contributed by atoms with van der Waals surface area (Å²) in [6, 6.07) is 5.95. The van der Waals surface area contributed by atoms with Gasteiger partial charge in [0.05, 0.1) is 23.4 Å². The zero-order valence-corrected chi connectivity index (χ0v) is 14.3. The van der Waals surface area contributed by atoms with E-state index < -0.39 is 0 Å². The molecule has 2 heterocycles. The van der Waals surface area contributed by atoms with Crippen molar-refractivity contribution in [3.63, 3.8) is 0 Å². The second-order valence-corrected chi connectivity index (χ2v) is 7.31. The first kappa shape index (κ1) is 15.6. The van der Waals surface area contributed by atoms with Gasteiger partial charge in [-0.3, -0.25) is 4.79 Å². The number of morpholine rings is 1. The summed E-state index contributed by atoms with van der Waals surface area (Å²) in [5.74, 6) is 0.480. The van der Waals surface area contributed by atoms with Gasteiger partial charge in [-0.25, -0.2) is 4.98 Å². The predicted molar refractivity (Wildman–Crippen MR) is 97.8 cm³/mol. The molecule has 1 fully saturated rings. The highest BCUT2D eigenvalue weighted by Crippen LogP contribution is 2.31. The fourth-order valence-corrected chi connectivity index (χ4v) is 4.25. The summed E-state index contributed by atoms with van der Waals surface area (Å²) in [7, 11) is 0. The average Bonchev–Trinajstić information content (AvgIpc) is 3.24. The van der Waals surface area contributed by atoms with Crippen LogP contribution in [0.25, 0.3) is 10.2 Å². The molecule has 0 spiro atoms. The number of allylic oxidation sites excluding steroid dienone is 2. The molecule has 1 aromatic carbocycles. The van der Waals surface area contributed by atoms with Crippen LogP contribution in [-0.4, -0.2) is 37.2 Å². The topological polar surface area (TPSA) is 54.5 Å². The standard InChI is InChI=1S/C18H21N3O2S/c22-17(11-13-3-1-2-4-13)19-14-5-6-15-16(12-14)24-18(20-15)21-7-9-23-10-8-21/h1,3,5-6,12-13H,2,4,7-11H2,(H,19,22). The van der Waals surface area contributed by atoms with E-state index in [1.54, 1.807) is 11.3 Å². The van der Waals surface area contributed by atoms with Gasteiger partial charge < -0.3 is 15.0 Å². The molecule has 1 aliphatic carbocycles. The van der Waals surface area contributed by atoms with Crippen LogP contribution in [0.3, 0.4) is 0 Å². The number of ether oxygens (including phenoxy) is 1. The lowest BCUT2D eigenvalue weighted by Gasteiger charge is -2.25. The molecule has 24 heavy (non-hydrogen) atoms. The van der Waals surface area contributed by atoms with Gasteiger partial charge >= 0.3 is 0 Å². The highest BCUT2D eigenvalue weighted by Gasteiger charge is 2.17. The Morgan fingerprint density at radius 2 is 2.25 bits per heavy atom. The summed E-state index contributed by atoms with van der Waals surface area (Å²) in [5.41, 5.74) is 1.84. The minimum atomic E-state index is 0.0869. The van der Waals surface area contributed by atoms with Crippen molar-refractivity contribution in [3.05, 3.63) is 30.4 Å². The smallest absolute Gasteiger partial charge is 0.224 e. The number of carbonyl (C=O) groups is 1. The first-order chi connectivity index (χ1) is 11.8. The van der Waals surface area contributed by atoms with Crippen LogP contribution in [0.5, 0.6) is 0 Å². The molecule has 1 aromatic heterocycles. The Labute approximate surface area is 145 Å². The summed E-state index contributed by atoms with van der Waals surface area (Å²) < 4.78 is 6.50. The van der Waals surface area contributed by atoms with E-state index in [1.807, 2.05) is 18.2 Å². The van der Waals surface area contributed by atoms with Gasteiger partial charge in [0.2, 0.25) is 5.91 Å². The Kier molecular flexibility index (Phi) is 4.49. The highest BCUT2D eigenvalue weighted by molar-refractivity contribution is 7.22. The van der Waals surface area contributed by atoms with Crippen molar-refractivity contribution in [1.82, 2.24) is 4.98 Å². The molecule has 1 atom stereocenters. The molecule has 6 heteroatoms. The lowest BCUT2D eigenvalue weighted by molar-refractivity contribution is -0.116. The van der Waals surface area contributed by atoms with Crippen LogP contribution in [0.4, 0.5) is 10.8 Å². The molecule has 0 saturated carbocycles. The van der Waals surface area contributed by atoms with Crippen LogP contribution in [0.15, 0.2) is 30.4 Å². The van der Waals surface area contributed by atoms with Crippen molar-refractivity contribution in [2.45, 2.75) is 19.3 Å². The molecular formula is C18H21N3O2S. The molecule has 4 rings (SSSR count). The maximum Gasteiger partial charge on any atom is 0.224 e. The van der Waals surface area contributed by atoms with Crippen LogP contribution in [0, 0.1) is 5.92 Å². The Hall–Kier alpha value is -1.92. The van der Waals surface area contributed by atoms with Crippen molar-refractivity contribution in [3.8, 4) is 0 Å². The number of fused-ring (bicyclic) bond motifs is 1. The number of anilines is 2. The fourth-order valence-electron chi connectivity index (χ4n) is 3.20. The molecule has 1 unspecified atom stereocenters. The fraction of sp³-hybridized carbons (Fsp3) is 0.444. The van der Waals surface area contributed by atoms with Crippen LogP contribution in [0.1, 0.15) is 19.3 Å². The third-order valence-corrected chi connectivity index (χ3v) is 5.58. The van der Waals surface area contributed by atoms with E-state index in [0.717, 1.165) is 60.2 Å². The van der Waals surface area contributed by atoms with E-state index in [0.29, 0.717) is 12.3 Å². The summed E-state index contributed by atoms with van der Waals surface area (Å²) in [6.07, 6.45) is 7.06. The molecule has 0 bridgehead atoms. The Morgan fingerprint density at radius 3 is 3.04 bits per heavy atom. The van der Waals surface area contributed by atoms with E-state index in [4.69, 9.17) is 9.72 Å². The number of benzene rings is 1. The van der Waals surface area contributed by atoms with Crippen molar-refractivity contribution in [2.75, 3.05) is 36.5 Å². The molecule has 1 saturated heterocycles. The molecule has 126 valence electrons. The van der Waals surface area contributed by atoms with E-state index in [-0.39, 0.29) is 5.91 Å². The second kappa shape index (κ2) is 6.91. The van der Waals surface area contributed by atoms with Gasteiger partial charge in [0.15, 0.2) is 5.13 Å². The van der Waals surface area contributed by atoms with Crippen molar-refractivity contribution < 1.29 is 9.53 Å². The van der Waals surface area contributed by atoms with Crippen molar-refractivity contribution in [2.24, 2.45) is 5.92 Å². The van der Waals surface area contributed by atoms with Crippen LogP contribution in [-0.2, 0) is 9.53 Å². The first-order valence-corrected chi connectivity index (χ1v) is 9.29. The number of thiazole rings is 1. The maximum absolute atomic E-state index is 12.2. The van der Waals surface area contributed by atoms with Crippen molar-refractivity contribution >= 4 is 38.3 Å². The first-order valence-electron chi connectivity index (χ1n) is 8.48. The summed E-state index contributed by atoms with van der Waals surface area (Å²) in [5, 5.41) is 4.06. The number of hydrogen-bond donors (Lipinski definition) is 1. The summed E-state index contributed by atoms with van der Waals surface area (Å²) in [6.45, 7) is 3.29. The van der Waals surface area contributed by atoms with E-state index >= 15 is 0 Å². The summed E-state index contributed by atoms with van der Waals surface area (Å²) in [4.78, 5) is 19.1. The van der Waals surface area contributed by atoms with Gasteiger partial charge in [-0.05, 0) is 37.0 Å². The Bertz CT molecular complexity index is 765. The average molecular weight is 343 g/mol. The van der Waals surface area contributed by atoms with Crippen molar-refractivity contribution in [1.29, 1.82) is 0 Å². The van der Waals surface area contributed by atoms with E-state index in [1.165, 1.54) is 0 Å². The molecule has 5 nitrogen and oxygen atoms in total. The molecule has 0 radical (unpaired) electrons. The number of nitrogens with one attached hydrogen (secondary N) is 1. The van der Waals surface area contributed by atoms with Gasteiger partial charge in [-0.15, -0.1) is 0 Å². The summed E-state index contributed by atoms with van der Waals surface area (Å²) >= 11 is 1.67. The number of aromatic nitrogens is 1. The van der Waals surface area contributed by atoms with Crippen LogP contribution in [0.2, 0.25) is 0 Å². The third kappa shape index (κ3) is 3.44. The van der Waals surface area contributed by atoms with Crippen LogP contribution >= 0.6 is 11.3 Å². The lowest BCUT2D eigenvalue weighted by Crippen LogP contribution is -2.36. The van der Waals surface area contributed by atoms with E-state index in [2.05, 4.69) is 22.4 Å². The molecule has 1 N–H and O–H groups in total. The number of amides is 1. The third-order valence-electron chi connectivity index (χ3n) is 4.50. The van der Waals surface area contributed by atoms with Gasteiger partial charge in [0, 0.05) is 25.2 Å². The molecule has 1 aliphatic heterocycles. The van der Waals surface area contributed by atoms with Gasteiger partial charge in [-0.1, -0.05) is 23.5 Å².